The molecule has 0 bridgehead atoms. The maximum atomic E-state index is 11.1. The predicted molar refractivity (Wildman–Crippen MR) is 64.9 cm³/mol. The summed E-state index contributed by atoms with van der Waals surface area (Å²) in [6, 6.07) is 3.93. The van der Waals surface area contributed by atoms with E-state index in [1.165, 1.54) is 13.5 Å². The Morgan fingerprint density at radius 1 is 1.44 bits per heavy atom. The van der Waals surface area contributed by atoms with Crippen LogP contribution in [0.5, 0.6) is 0 Å². The molecule has 0 aromatic carbocycles. The number of aromatic nitrogens is 2. The lowest BCUT2D eigenvalue weighted by Crippen LogP contribution is -2.12. The second-order valence-corrected chi connectivity index (χ2v) is 4.82. The second-order valence-electron chi connectivity index (χ2n) is 3.57. The van der Waals surface area contributed by atoms with Gasteiger partial charge in [0, 0.05) is 16.3 Å². The number of methoxy groups -OCH3 is 1. The summed E-state index contributed by atoms with van der Waals surface area (Å²) in [5.74, 6) is 0.407. The summed E-state index contributed by atoms with van der Waals surface area (Å²) in [6.07, 6.45) is 1.63. The molecule has 2 rings (SSSR count). The van der Waals surface area contributed by atoms with Gasteiger partial charge in [0.2, 0.25) is 6.39 Å². The van der Waals surface area contributed by atoms with Crippen molar-refractivity contribution < 1.29 is 14.1 Å². The van der Waals surface area contributed by atoms with Crippen LogP contribution in [0.25, 0.3) is 0 Å². The fourth-order valence-corrected chi connectivity index (χ4v) is 2.37. The molecule has 0 aliphatic heterocycles. The van der Waals surface area contributed by atoms with Crippen LogP contribution in [0.1, 0.15) is 15.6 Å². The van der Waals surface area contributed by atoms with Crippen LogP contribution < -0.4 is 5.32 Å². The first kappa shape index (κ1) is 12.7. The highest BCUT2D eigenvalue weighted by Crippen LogP contribution is 2.17. The molecule has 2 aromatic heterocycles. The first-order valence-corrected chi connectivity index (χ1v) is 6.20. The van der Waals surface area contributed by atoms with E-state index in [1.807, 2.05) is 12.1 Å². The monoisotopic (exact) mass is 267 g/mol. The van der Waals surface area contributed by atoms with E-state index in [4.69, 9.17) is 0 Å². The highest BCUT2D eigenvalue weighted by atomic mass is 32.1. The van der Waals surface area contributed by atoms with Gasteiger partial charge < -0.3 is 14.6 Å². The van der Waals surface area contributed by atoms with Crippen molar-refractivity contribution in [3.05, 3.63) is 34.1 Å². The van der Waals surface area contributed by atoms with Crippen LogP contribution in [0, 0.1) is 0 Å². The first-order chi connectivity index (χ1) is 8.78. The van der Waals surface area contributed by atoms with Crippen molar-refractivity contribution in [1.82, 2.24) is 15.5 Å². The van der Waals surface area contributed by atoms with Crippen LogP contribution >= 0.6 is 11.3 Å². The summed E-state index contributed by atoms with van der Waals surface area (Å²) >= 11 is 1.59. The summed E-state index contributed by atoms with van der Waals surface area (Å²) in [7, 11) is 1.39. The Morgan fingerprint density at radius 3 is 3.00 bits per heavy atom. The van der Waals surface area contributed by atoms with Crippen molar-refractivity contribution >= 4 is 17.3 Å². The molecule has 0 atom stereocenters. The van der Waals surface area contributed by atoms with E-state index < -0.39 is 0 Å². The molecule has 0 radical (unpaired) electrons. The van der Waals surface area contributed by atoms with Gasteiger partial charge in [0.25, 0.3) is 0 Å². The number of hydrogen-bond acceptors (Lipinski definition) is 7. The van der Waals surface area contributed by atoms with E-state index in [1.54, 1.807) is 11.3 Å². The Balaban J connectivity index is 1.78. The number of nitrogens with one attached hydrogen (secondary N) is 1. The van der Waals surface area contributed by atoms with Crippen molar-refractivity contribution in [3.8, 4) is 0 Å². The standard InChI is InChI=1S/C11H13N3O3S/c1-16-11(15)4-8-2-3-9(18-8)5-12-6-10-13-7-17-14-10/h2-3,7,12H,4-6H2,1H3. The van der Waals surface area contributed by atoms with Gasteiger partial charge in [-0.05, 0) is 12.1 Å². The maximum absolute atomic E-state index is 11.1. The minimum absolute atomic E-state index is 0.219. The zero-order valence-electron chi connectivity index (χ0n) is 9.88. The fourth-order valence-electron chi connectivity index (χ4n) is 1.39. The molecule has 2 aromatic rings. The molecule has 0 unspecified atom stereocenters. The molecule has 0 aliphatic carbocycles. The smallest absolute Gasteiger partial charge is 0.310 e. The van der Waals surface area contributed by atoms with Crippen molar-refractivity contribution in [2.75, 3.05) is 7.11 Å². The van der Waals surface area contributed by atoms with Gasteiger partial charge >= 0.3 is 5.97 Å². The lowest BCUT2D eigenvalue weighted by atomic mass is 10.3. The predicted octanol–water partition coefficient (Wildman–Crippen LogP) is 1.14. The number of esters is 1. The van der Waals surface area contributed by atoms with Crippen molar-refractivity contribution in [3.63, 3.8) is 0 Å². The van der Waals surface area contributed by atoms with Crippen molar-refractivity contribution in [1.29, 1.82) is 0 Å². The van der Waals surface area contributed by atoms with Gasteiger partial charge in [0.05, 0.1) is 20.1 Å². The first-order valence-electron chi connectivity index (χ1n) is 5.38. The summed E-state index contributed by atoms with van der Waals surface area (Å²) in [5, 5.41) is 6.89. The fraction of sp³-hybridized carbons (Fsp3) is 0.364. The number of rotatable bonds is 6. The largest absolute Gasteiger partial charge is 0.469 e. The van der Waals surface area contributed by atoms with Gasteiger partial charge in [0.1, 0.15) is 0 Å². The minimum Gasteiger partial charge on any atom is -0.469 e. The van der Waals surface area contributed by atoms with E-state index in [0.717, 1.165) is 9.75 Å². The zero-order valence-corrected chi connectivity index (χ0v) is 10.7. The van der Waals surface area contributed by atoms with E-state index in [2.05, 4.69) is 24.7 Å². The van der Waals surface area contributed by atoms with Crippen molar-refractivity contribution in [2.45, 2.75) is 19.5 Å². The van der Waals surface area contributed by atoms with E-state index in [9.17, 15) is 4.79 Å². The average Bonchev–Trinajstić information content (AvgIpc) is 3.01. The molecule has 0 fully saturated rings. The number of ether oxygens (including phenoxy) is 1. The Morgan fingerprint density at radius 2 is 2.28 bits per heavy atom. The van der Waals surface area contributed by atoms with Crippen LogP contribution in [-0.4, -0.2) is 23.2 Å². The average molecular weight is 267 g/mol. The lowest BCUT2D eigenvalue weighted by Gasteiger charge is -1.98. The Kier molecular flexibility index (Phi) is 4.43. The quantitative estimate of drug-likeness (QED) is 0.791. The van der Waals surface area contributed by atoms with Crippen LogP contribution in [0.2, 0.25) is 0 Å². The molecule has 6 nitrogen and oxygen atoms in total. The van der Waals surface area contributed by atoms with Gasteiger partial charge in [-0.2, -0.15) is 4.98 Å². The highest BCUT2D eigenvalue weighted by Gasteiger charge is 2.06. The van der Waals surface area contributed by atoms with E-state index in [0.29, 0.717) is 25.3 Å². The molecule has 0 saturated heterocycles. The second kappa shape index (κ2) is 6.27. The topological polar surface area (TPSA) is 77.2 Å². The molecule has 1 N–H and O–H groups in total. The Labute approximate surface area is 108 Å². The third-order valence-electron chi connectivity index (χ3n) is 2.25. The van der Waals surface area contributed by atoms with E-state index >= 15 is 0 Å². The van der Waals surface area contributed by atoms with Crippen LogP contribution in [0.3, 0.4) is 0 Å². The third kappa shape index (κ3) is 3.64. The molecule has 0 spiro atoms. The summed E-state index contributed by atoms with van der Waals surface area (Å²) in [6.45, 7) is 1.26. The molecule has 0 aliphatic rings. The number of nitrogens with zero attached hydrogens (tertiary/aromatic N) is 2. The van der Waals surface area contributed by atoms with E-state index in [-0.39, 0.29) is 5.97 Å². The minimum atomic E-state index is -0.219. The zero-order chi connectivity index (χ0) is 12.8. The lowest BCUT2D eigenvalue weighted by molar-refractivity contribution is -0.139. The van der Waals surface area contributed by atoms with Crippen molar-refractivity contribution in [2.24, 2.45) is 0 Å². The molecular formula is C11H13N3O3S. The number of thiophene rings is 1. The van der Waals surface area contributed by atoms with Gasteiger partial charge in [-0.1, -0.05) is 5.16 Å². The molecule has 7 heteroatoms. The van der Waals surface area contributed by atoms with Crippen LogP contribution in [-0.2, 0) is 29.0 Å². The third-order valence-corrected chi connectivity index (χ3v) is 3.34. The van der Waals surface area contributed by atoms with Gasteiger partial charge in [-0.3, -0.25) is 4.79 Å². The van der Waals surface area contributed by atoms with Crippen LogP contribution in [0.15, 0.2) is 23.0 Å². The number of carbonyl (C=O) groups is 1. The molecule has 18 heavy (non-hydrogen) atoms. The van der Waals surface area contributed by atoms with Gasteiger partial charge in [-0.15, -0.1) is 11.3 Å². The molecule has 2 heterocycles. The molecular weight excluding hydrogens is 254 g/mol. The normalized spacial score (nSPS) is 10.5. The number of hydrogen-bond donors (Lipinski definition) is 1. The molecule has 96 valence electrons. The van der Waals surface area contributed by atoms with Crippen LogP contribution in [0.4, 0.5) is 0 Å². The molecule has 0 amide bonds. The molecule has 0 saturated carbocycles. The summed E-state index contributed by atoms with van der Waals surface area (Å²) in [5.41, 5.74) is 0. The summed E-state index contributed by atoms with van der Waals surface area (Å²) in [4.78, 5) is 17.2. The van der Waals surface area contributed by atoms with Gasteiger partial charge in [0.15, 0.2) is 5.82 Å². The van der Waals surface area contributed by atoms with Gasteiger partial charge in [-0.25, -0.2) is 0 Å². The SMILES string of the molecule is COC(=O)Cc1ccc(CNCc2ncon2)s1. The highest BCUT2D eigenvalue weighted by molar-refractivity contribution is 7.12. The number of carbonyl (C=O) groups excluding carboxylic acids is 1. The maximum Gasteiger partial charge on any atom is 0.310 e. The summed E-state index contributed by atoms with van der Waals surface area (Å²) < 4.78 is 9.25. The Bertz CT molecular complexity index is 495. The Hall–Kier alpha value is -1.73.